The molecule has 1 atom stereocenters. The smallest absolute Gasteiger partial charge is 0.348 e. The molecule has 4 nitrogen and oxygen atoms in total. The molecule has 1 amide bonds. The molecule has 3 rings (SSSR count). The number of carboxylic acids is 1. The summed E-state index contributed by atoms with van der Waals surface area (Å²) in [6.07, 6.45) is 7.31. The molecule has 1 aromatic rings. The lowest BCUT2D eigenvalue weighted by molar-refractivity contribution is -0.117. The Labute approximate surface area is 159 Å². The average molecular weight is 374 g/mol. The normalized spacial score (nSPS) is 21.6. The van der Waals surface area contributed by atoms with E-state index in [1.54, 1.807) is 4.90 Å². The summed E-state index contributed by atoms with van der Waals surface area (Å²) in [7, 11) is 0. The van der Waals surface area contributed by atoms with E-state index in [9.17, 15) is 14.7 Å². The number of hydrogen-bond acceptors (Lipinski definition) is 3. The van der Waals surface area contributed by atoms with Crippen LogP contribution in [0.15, 0.2) is 6.07 Å². The molecule has 0 spiro atoms. The summed E-state index contributed by atoms with van der Waals surface area (Å²) in [4.78, 5) is 27.2. The summed E-state index contributed by atoms with van der Waals surface area (Å²) in [6.45, 7) is 6.07. The molecule has 5 heteroatoms. The molecular weight excluding hydrogens is 346 g/mol. The van der Waals surface area contributed by atoms with Crippen molar-refractivity contribution in [3.05, 3.63) is 15.8 Å². The zero-order valence-corrected chi connectivity index (χ0v) is 16.6. The maximum Gasteiger partial charge on any atom is 0.348 e. The predicted molar refractivity (Wildman–Crippen MR) is 105 cm³/mol. The number of carbonyl (C=O) groups excluding carboxylic acids is 1. The van der Waals surface area contributed by atoms with E-state index in [4.69, 9.17) is 0 Å². The van der Waals surface area contributed by atoms with Gasteiger partial charge >= 0.3 is 5.97 Å². The number of aromatic carboxylic acids is 1. The van der Waals surface area contributed by atoms with Crippen LogP contribution in [0, 0.1) is 23.2 Å². The molecule has 1 aliphatic heterocycles. The van der Waals surface area contributed by atoms with Crippen LogP contribution in [0.5, 0.6) is 0 Å². The monoisotopic (exact) mass is 373 g/mol. The molecule has 1 N–H and O–H groups in total. The second-order valence-corrected chi connectivity index (χ2v) is 9.45. The first-order valence-electron chi connectivity index (χ1n) is 9.48. The van der Waals surface area contributed by atoms with Crippen LogP contribution in [-0.2, 0) is 4.79 Å². The van der Waals surface area contributed by atoms with Gasteiger partial charge in [0.05, 0.1) is 10.6 Å². The van der Waals surface area contributed by atoms with Crippen LogP contribution >= 0.6 is 11.3 Å². The van der Waals surface area contributed by atoms with Gasteiger partial charge in [0.25, 0.3) is 0 Å². The average Bonchev–Trinajstić information content (AvgIpc) is 3.16. The Morgan fingerprint density at radius 2 is 1.92 bits per heavy atom. The summed E-state index contributed by atoms with van der Waals surface area (Å²) in [5, 5.41) is 9.67. The number of carbonyl (C=O) groups is 2. The van der Waals surface area contributed by atoms with E-state index in [1.807, 2.05) is 26.8 Å². The Bertz CT molecular complexity index is 756. The standard InChI is InChI=1S/C21H27NO3S/c1-21(2,3)12-11-15-13-17(19(26-15)20(24)25)22-16(9-10-18(22)23)14-7-5-4-6-8-14/h13-14,16H,4-10H2,1-3H3,(H,24,25). The summed E-state index contributed by atoms with van der Waals surface area (Å²) in [6, 6.07) is 1.95. The van der Waals surface area contributed by atoms with Crippen molar-refractivity contribution in [2.24, 2.45) is 11.3 Å². The van der Waals surface area contributed by atoms with Gasteiger partial charge in [-0.1, -0.05) is 31.1 Å². The molecule has 1 saturated carbocycles. The van der Waals surface area contributed by atoms with Gasteiger partial charge in [-0.2, -0.15) is 0 Å². The van der Waals surface area contributed by atoms with Crippen molar-refractivity contribution in [2.45, 2.75) is 71.8 Å². The fourth-order valence-corrected chi connectivity index (χ4v) is 4.85. The first-order valence-corrected chi connectivity index (χ1v) is 10.3. The molecule has 1 saturated heterocycles. The van der Waals surface area contributed by atoms with Crippen molar-refractivity contribution in [3.63, 3.8) is 0 Å². The third kappa shape index (κ3) is 4.12. The first kappa shape index (κ1) is 19.0. The van der Waals surface area contributed by atoms with E-state index in [-0.39, 0.29) is 22.2 Å². The zero-order chi connectivity index (χ0) is 18.9. The molecule has 2 fully saturated rings. The Balaban J connectivity index is 1.96. The van der Waals surface area contributed by atoms with Crippen LogP contribution in [0.3, 0.4) is 0 Å². The lowest BCUT2D eigenvalue weighted by Crippen LogP contribution is -2.39. The van der Waals surface area contributed by atoms with Crippen LogP contribution in [-0.4, -0.2) is 23.0 Å². The van der Waals surface area contributed by atoms with Crippen molar-refractivity contribution >= 4 is 28.9 Å². The minimum absolute atomic E-state index is 0.0520. The van der Waals surface area contributed by atoms with E-state index in [0.717, 1.165) is 24.1 Å². The summed E-state index contributed by atoms with van der Waals surface area (Å²) >= 11 is 1.18. The number of carboxylic acid groups (broad SMARTS) is 1. The van der Waals surface area contributed by atoms with Crippen molar-refractivity contribution in [3.8, 4) is 11.8 Å². The van der Waals surface area contributed by atoms with Crippen molar-refractivity contribution < 1.29 is 14.7 Å². The van der Waals surface area contributed by atoms with Gasteiger partial charge in [0.1, 0.15) is 4.88 Å². The minimum Gasteiger partial charge on any atom is -0.477 e. The van der Waals surface area contributed by atoms with E-state index < -0.39 is 5.97 Å². The Hall–Kier alpha value is -1.80. The third-order valence-electron chi connectivity index (χ3n) is 5.18. The highest BCUT2D eigenvalue weighted by atomic mass is 32.1. The van der Waals surface area contributed by atoms with Crippen molar-refractivity contribution in [2.75, 3.05) is 4.90 Å². The number of rotatable bonds is 3. The quantitative estimate of drug-likeness (QED) is 0.765. The highest BCUT2D eigenvalue weighted by Crippen LogP contribution is 2.41. The van der Waals surface area contributed by atoms with E-state index in [1.165, 1.54) is 30.6 Å². The Kier molecular flexibility index (Phi) is 5.43. The number of thiophene rings is 1. The second-order valence-electron chi connectivity index (χ2n) is 8.40. The fourth-order valence-electron chi connectivity index (χ4n) is 4.01. The topological polar surface area (TPSA) is 57.6 Å². The molecule has 0 aromatic carbocycles. The zero-order valence-electron chi connectivity index (χ0n) is 15.8. The molecule has 140 valence electrons. The van der Waals surface area contributed by atoms with Gasteiger partial charge in [-0.3, -0.25) is 4.79 Å². The van der Waals surface area contributed by atoms with Gasteiger partial charge in [0.15, 0.2) is 0 Å². The van der Waals surface area contributed by atoms with Crippen LogP contribution in [0.25, 0.3) is 0 Å². The maximum atomic E-state index is 12.6. The largest absolute Gasteiger partial charge is 0.477 e. The van der Waals surface area contributed by atoms with Crippen molar-refractivity contribution in [1.29, 1.82) is 0 Å². The van der Waals surface area contributed by atoms with Gasteiger partial charge in [-0.15, -0.1) is 11.3 Å². The van der Waals surface area contributed by atoms with Crippen LogP contribution in [0.1, 0.15) is 80.3 Å². The third-order valence-corrected chi connectivity index (χ3v) is 6.20. The second kappa shape index (κ2) is 7.44. The molecule has 2 heterocycles. The van der Waals surface area contributed by atoms with Gasteiger partial charge < -0.3 is 10.0 Å². The first-order chi connectivity index (χ1) is 12.3. The van der Waals surface area contributed by atoms with Crippen LogP contribution < -0.4 is 4.90 Å². The van der Waals surface area contributed by atoms with Crippen LogP contribution in [0.2, 0.25) is 0 Å². The van der Waals surface area contributed by atoms with Gasteiger partial charge in [-0.05, 0) is 52.0 Å². The van der Waals surface area contributed by atoms with E-state index in [0.29, 0.717) is 18.0 Å². The van der Waals surface area contributed by atoms with Gasteiger partial charge in [0.2, 0.25) is 5.91 Å². The van der Waals surface area contributed by atoms with Gasteiger partial charge in [-0.25, -0.2) is 4.79 Å². The van der Waals surface area contributed by atoms with E-state index in [2.05, 4.69) is 11.8 Å². The fraction of sp³-hybridized carbons (Fsp3) is 0.619. The number of nitrogens with zero attached hydrogens (tertiary/aromatic N) is 1. The molecule has 0 radical (unpaired) electrons. The van der Waals surface area contributed by atoms with E-state index >= 15 is 0 Å². The molecule has 1 unspecified atom stereocenters. The number of amides is 1. The predicted octanol–water partition coefficient (Wildman–Crippen LogP) is 4.92. The minimum atomic E-state index is -0.976. The number of hydrogen-bond donors (Lipinski definition) is 1. The van der Waals surface area contributed by atoms with Gasteiger partial charge in [0, 0.05) is 17.9 Å². The molecule has 1 aromatic heterocycles. The summed E-state index contributed by atoms with van der Waals surface area (Å²) < 4.78 is 0. The number of anilines is 1. The molecule has 1 aliphatic carbocycles. The maximum absolute atomic E-state index is 12.6. The SMILES string of the molecule is CC(C)(C)C#Cc1cc(N2C(=O)CCC2C2CCCCC2)c(C(=O)O)s1. The summed E-state index contributed by atoms with van der Waals surface area (Å²) in [5.74, 6) is 5.82. The highest BCUT2D eigenvalue weighted by molar-refractivity contribution is 7.15. The highest BCUT2D eigenvalue weighted by Gasteiger charge is 2.40. The molecule has 26 heavy (non-hydrogen) atoms. The lowest BCUT2D eigenvalue weighted by atomic mass is 9.83. The molecule has 0 bridgehead atoms. The lowest BCUT2D eigenvalue weighted by Gasteiger charge is -2.33. The molecular formula is C21H27NO3S. The Morgan fingerprint density at radius 1 is 1.23 bits per heavy atom. The van der Waals surface area contributed by atoms with Crippen molar-refractivity contribution in [1.82, 2.24) is 0 Å². The van der Waals surface area contributed by atoms with Crippen LogP contribution in [0.4, 0.5) is 5.69 Å². The Morgan fingerprint density at radius 3 is 2.54 bits per heavy atom. The molecule has 2 aliphatic rings. The summed E-state index contributed by atoms with van der Waals surface area (Å²) in [5.41, 5.74) is 0.403.